The van der Waals surface area contributed by atoms with Gasteiger partial charge in [0.2, 0.25) is 5.91 Å². The number of anilines is 1. The molecule has 1 aliphatic heterocycles. The van der Waals surface area contributed by atoms with Gasteiger partial charge >= 0.3 is 0 Å². The number of thioether (sulfide) groups is 1. The van der Waals surface area contributed by atoms with E-state index in [-0.39, 0.29) is 17.8 Å². The van der Waals surface area contributed by atoms with Gasteiger partial charge in [0.05, 0.1) is 11.7 Å². The third-order valence-electron chi connectivity index (χ3n) is 3.40. The average molecular weight is 304 g/mol. The second-order valence-corrected chi connectivity index (χ2v) is 5.93. The van der Waals surface area contributed by atoms with Crippen LogP contribution in [0.2, 0.25) is 0 Å². The van der Waals surface area contributed by atoms with Gasteiger partial charge in [-0.1, -0.05) is 42.5 Å². The Bertz CT molecular complexity index is 617. The highest BCUT2D eigenvalue weighted by Gasteiger charge is 2.31. The number of para-hydroxylation sites is 1. The molecule has 0 aliphatic carbocycles. The highest BCUT2D eigenvalue weighted by atomic mass is 35.5. The quantitative estimate of drug-likeness (QED) is 0.778. The zero-order valence-corrected chi connectivity index (χ0v) is 12.4. The Morgan fingerprint density at radius 2 is 1.85 bits per heavy atom. The van der Waals surface area contributed by atoms with Crippen molar-refractivity contribution in [2.24, 2.45) is 0 Å². The predicted molar refractivity (Wildman–Crippen MR) is 84.6 cm³/mol. The largest absolute Gasteiger partial charge is 0.302 e. The van der Waals surface area contributed by atoms with Crippen LogP contribution < -0.4 is 4.90 Å². The van der Waals surface area contributed by atoms with Crippen molar-refractivity contribution in [1.82, 2.24) is 0 Å². The number of benzene rings is 2. The molecular weight excluding hydrogens is 290 g/mol. The van der Waals surface area contributed by atoms with Gasteiger partial charge in [-0.15, -0.1) is 23.4 Å². The van der Waals surface area contributed by atoms with Gasteiger partial charge in [-0.05, 0) is 17.7 Å². The third-order valence-corrected chi connectivity index (χ3v) is 4.77. The van der Waals surface area contributed by atoms with E-state index in [1.165, 1.54) is 0 Å². The summed E-state index contributed by atoms with van der Waals surface area (Å²) in [5.74, 6) is 0.805. The van der Waals surface area contributed by atoms with Crippen molar-refractivity contribution in [3.05, 3.63) is 60.2 Å². The standard InChI is InChI=1S/C16H14ClNOS/c17-10-16(19)18-13-8-4-5-9-15(13)20-11-14(18)12-6-2-1-3-7-12/h1-9,14H,10-11H2/t14-/m0/s1. The number of carbonyl (C=O) groups is 1. The Morgan fingerprint density at radius 1 is 1.15 bits per heavy atom. The van der Waals surface area contributed by atoms with Crippen molar-refractivity contribution < 1.29 is 4.79 Å². The van der Waals surface area contributed by atoms with Crippen LogP contribution in [0, 0.1) is 0 Å². The number of amides is 1. The van der Waals surface area contributed by atoms with E-state index in [2.05, 4.69) is 18.2 Å². The molecule has 0 saturated heterocycles. The van der Waals surface area contributed by atoms with Crippen LogP contribution in [0.4, 0.5) is 5.69 Å². The van der Waals surface area contributed by atoms with Crippen LogP contribution in [0.1, 0.15) is 11.6 Å². The van der Waals surface area contributed by atoms with Crippen LogP contribution in [-0.2, 0) is 4.79 Å². The van der Waals surface area contributed by atoms with E-state index in [1.807, 2.05) is 41.3 Å². The van der Waals surface area contributed by atoms with Crippen molar-refractivity contribution in [2.75, 3.05) is 16.5 Å². The van der Waals surface area contributed by atoms with Gasteiger partial charge in [0.15, 0.2) is 0 Å². The zero-order chi connectivity index (χ0) is 13.9. The Hall–Kier alpha value is -1.45. The van der Waals surface area contributed by atoms with Gasteiger partial charge in [0.25, 0.3) is 0 Å². The lowest BCUT2D eigenvalue weighted by Gasteiger charge is -2.36. The lowest BCUT2D eigenvalue weighted by molar-refractivity contribution is -0.116. The molecule has 2 aromatic carbocycles. The van der Waals surface area contributed by atoms with E-state index >= 15 is 0 Å². The Kier molecular flexibility index (Phi) is 3.99. The third kappa shape index (κ3) is 2.43. The van der Waals surface area contributed by atoms with E-state index in [9.17, 15) is 4.79 Å². The molecule has 0 unspecified atom stereocenters. The first-order valence-corrected chi connectivity index (χ1v) is 7.98. The monoisotopic (exact) mass is 303 g/mol. The summed E-state index contributed by atoms with van der Waals surface area (Å²) in [6, 6.07) is 18.2. The first kappa shape index (κ1) is 13.5. The molecule has 20 heavy (non-hydrogen) atoms. The minimum absolute atomic E-state index is 0.00232. The van der Waals surface area contributed by atoms with E-state index in [0.717, 1.165) is 21.9 Å². The van der Waals surface area contributed by atoms with Gasteiger partial charge in [0, 0.05) is 10.6 Å². The van der Waals surface area contributed by atoms with Gasteiger partial charge in [0.1, 0.15) is 5.88 Å². The van der Waals surface area contributed by atoms with Crippen molar-refractivity contribution in [3.63, 3.8) is 0 Å². The molecule has 0 radical (unpaired) electrons. The van der Waals surface area contributed by atoms with Gasteiger partial charge < -0.3 is 4.90 Å². The predicted octanol–water partition coefficient (Wildman–Crippen LogP) is 4.11. The van der Waals surface area contributed by atoms with Crippen molar-refractivity contribution in [2.45, 2.75) is 10.9 Å². The second-order valence-electron chi connectivity index (χ2n) is 4.60. The van der Waals surface area contributed by atoms with Crippen LogP contribution >= 0.6 is 23.4 Å². The topological polar surface area (TPSA) is 20.3 Å². The summed E-state index contributed by atoms with van der Waals surface area (Å²) in [5, 5.41) is 0. The Morgan fingerprint density at radius 3 is 2.60 bits per heavy atom. The highest BCUT2D eigenvalue weighted by molar-refractivity contribution is 7.99. The lowest BCUT2D eigenvalue weighted by Crippen LogP contribution is -2.39. The van der Waals surface area contributed by atoms with Crippen molar-refractivity contribution in [3.8, 4) is 0 Å². The fourth-order valence-electron chi connectivity index (χ4n) is 2.48. The number of hydrogen-bond donors (Lipinski definition) is 0. The molecule has 0 aromatic heterocycles. The second kappa shape index (κ2) is 5.90. The molecule has 4 heteroatoms. The lowest BCUT2D eigenvalue weighted by atomic mass is 10.1. The fourth-order valence-corrected chi connectivity index (χ4v) is 3.78. The maximum absolute atomic E-state index is 12.3. The zero-order valence-electron chi connectivity index (χ0n) is 10.8. The summed E-state index contributed by atoms with van der Waals surface area (Å²) >= 11 is 7.59. The van der Waals surface area contributed by atoms with Crippen molar-refractivity contribution >= 4 is 35.0 Å². The smallest absolute Gasteiger partial charge is 0.242 e. The molecule has 1 atom stereocenters. The first-order chi connectivity index (χ1) is 9.81. The van der Waals surface area contributed by atoms with Crippen LogP contribution in [0.3, 0.4) is 0 Å². The Labute approximate surface area is 127 Å². The van der Waals surface area contributed by atoms with E-state index in [1.54, 1.807) is 11.8 Å². The van der Waals surface area contributed by atoms with E-state index in [4.69, 9.17) is 11.6 Å². The molecular formula is C16H14ClNOS. The maximum atomic E-state index is 12.3. The minimum atomic E-state index is -0.0479. The number of carbonyl (C=O) groups excluding carboxylic acids is 1. The normalized spacial score (nSPS) is 17.6. The van der Waals surface area contributed by atoms with Crippen LogP contribution in [0.5, 0.6) is 0 Å². The molecule has 1 amide bonds. The van der Waals surface area contributed by atoms with Gasteiger partial charge in [-0.2, -0.15) is 0 Å². The molecule has 3 rings (SSSR count). The molecule has 0 spiro atoms. The van der Waals surface area contributed by atoms with Gasteiger partial charge in [-0.25, -0.2) is 0 Å². The summed E-state index contributed by atoms with van der Waals surface area (Å²) in [6.45, 7) is 0. The summed E-state index contributed by atoms with van der Waals surface area (Å²) in [6.07, 6.45) is 0. The molecule has 0 N–H and O–H groups in total. The van der Waals surface area contributed by atoms with Gasteiger partial charge in [-0.3, -0.25) is 4.79 Å². The molecule has 0 bridgehead atoms. The molecule has 1 aliphatic rings. The van der Waals surface area contributed by atoms with E-state index in [0.29, 0.717) is 0 Å². The van der Waals surface area contributed by atoms with Crippen LogP contribution in [0.15, 0.2) is 59.5 Å². The Balaban J connectivity index is 2.06. The highest BCUT2D eigenvalue weighted by Crippen LogP contribution is 2.43. The summed E-state index contributed by atoms with van der Waals surface area (Å²) in [7, 11) is 0. The first-order valence-electron chi connectivity index (χ1n) is 6.46. The number of fused-ring (bicyclic) bond motifs is 1. The number of rotatable bonds is 2. The number of halogens is 1. The SMILES string of the molecule is O=C(CCl)N1c2ccccc2SC[C@H]1c1ccccc1. The molecule has 2 aromatic rings. The number of nitrogens with zero attached hydrogens (tertiary/aromatic N) is 1. The minimum Gasteiger partial charge on any atom is -0.302 e. The van der Waals surface area contributed by atoms with Crippen molar-refractivity contribution in [1.29, 1.82) is 0 Å². The summed E-state index contributed by atoms with van der Waals surface area (Å²) in [4.78, 5) is 15.3. The number of hydrogen-bond acceptors (Lipinski definition) is 2. The number of alkyl halides is 1. The molecule has 0 saturated carbocycles. The molecule has 2 nitrogen and oxygen atoms in total. The summed E-state index contributed by atoms with van der Waals surface area (Å²) in [5.41, 5.74) is 2.11. The van der Waals surface area contributed by atoms with E-state index < -0.39 is 0 Å². The van der Waals surface area contributed by atoms with Crippen LogP contribution in [-0.4, -0.2) is 17.5 Å². The molecule has 1 heterocycles. The average Bonchev–Trinajstić information content (AvgIpc) is 2.54. The maximum Gasteiger partial charge on any atom is 0.242 e. The molecule has 0 fully saturated rings. The van der Waals surface area contributed by atoms with Crippen LogP contribution in [0.25, 0.3) is 0 Å². The molecule has 102 valence electrons. The summed E-state index contributed by atoms with van der Waals surface area (Å²) < 4.78 is 0. The fraction of sp³-hybridized carbons (Fsp3) is 0.188.